The lowest BCUT2D eigenvalue weighted by Crippen LogP contribution is -2.50. The lowest BCUT2D eigenvalue weighted by atomic mass is 9.87. The summed E-state index contributed by atoms with van der Waals surface area (Å²) in [6.07, 6.45) is 3.69. The van der Waals surface area contributed by atoms with Crippen LogP contribution in [-0.2, 0) is 43.2 Å². The minimum Gasteiger partial charge on any atom is -0.467 e. The van der Waals surface area contributed by atoms with E-state index >= 15 is 0 Å². The predicted molar refractivity (Wildman–Crippen MR) is 173 cm³/mol. The first kappa shape index (κ1) is 33.0. The first-order chi connectivity index (χ1) is 21.6. The minimum atomic E-state index is -0.864. The molecule has 46 heavy (non-hydrogen) atoms. The van der Waals surface area contributed by atoms with Crippen LogP contribution >= 0.6 is 0 Å². The number of methoxy groups -OCH3 is 1. The maximum absolute atomic E-state index is 13.9. The number of nitrogens with zero attached hydrogens (tertiary/aromatic N) is 2. The number of ether oxygens (including phenoxy) is 3. The third-order valence-electron chi connectivity index (χ3n) is 8.43. The average molecular weight is 632 g/mol. The summed E-state index contributed by atoms with van der Waals surface area (Å²) < 4.78 is 16.3. The summed E-state index contributed by atoms with van der Waals surface area (Å²) in [5, 5.41) is 3.21. The number of fused-ring (bicyclic) bond motifs is 2. The molecule has 2 aromatic carbocycles. The largest absolute Gasteiger partial charge is 0.467 e. The normalized spacial score (nSPS) is 21.0. The highest BCUT2D eigenvalue weighted by Crippen LogP contribution is 2.34. The van der Waals surface area contributed by atoms with Crippen LogP contribution in [0.4, 0.5) is 9.59 Å². The fourth-order valence-electron chi connectivity index (χ4n) is 6.32. The fourth-order valence-corrected chi connectivity index (χ4v) is 6.32. The maximum atomic E-state index is 13.9. The van der Waals surface area contributed by atoms with Crippen LogP contribution in [0.1, 0.15) is 88.2 Å². The van der Waals surface area contributed by atoms with Crippen molar-refractivity contribution in [2.45, 2.75) is 103 Å². The van der Waals surface area contributed by atoms with Gasteiger partial charge in [-0.25, -0.2) is 14.4 Å². The Morgan fingerprint density at radius 3 is 2.17 bits per heavy atom. The molecule has 246 valence electrons. The number of nitrogens with one attached hydrogen (secondary N) is 1. The van der Waals surface area contributed by atoms with Crippen LogP contribution in [-0.4, -0.2) is 70.8 Å². The van der Waals surface area contributed by atoms with Crippen molar-refractivity contribution >= 4 is 29.6 Å². The molecular formula is C36H45N3O7. The molecule has 0 aromatic heterocycles. The standard InChI is InChI=1S/C36H45N3O7/c1-35(2,3)45-33(42)38-21-26(19-29(38)31(40)37-28-14-10-12-22-11-8-9-13-27(22)28)23-15-16-24-18-30(32(41)44-7)39(20-25(24)17-23)34(43)46-36(4,5)6/h8-9,11,13,15-17,19,28-30H,10,12,14,18,20-21H2,1-7H3,(H,37,40)/t28-,29+,30?/m1/s1. The van der Waals surface area contributed by atoms with Gasteiger partial charge >= 0.3 is 18.2 Å². The number of aryl methyl sites for hydroxylation is 1. The number of carbonyl (C=O) groups excluding carboxylic acids is 4. The van der Waals surface area contributed by atoms with E-state index in [9.17, 15) is 19.2 Å². The van der Waals surface area contributed by atoms with Crippen LogP contribution in [0.25, 0.3) is 5.57 Å². The molecule has 0 spiro atoms. The number of rotatable bonds is 4. The molecule has 0 saturated heterocycles. The van der Waals surface area contributed by atoms with Gasteiger partial charge in [0, 0.05) is 6.42 Å². The van der Waals surface area contributed by atoms with E-state index < -0.39 is 41.4 Å². The zero-order valence-corrected chi connectivity index (χ0v) is 27.8. The molecule has 3 atom stereocenters. The molecule has 0 fully saturated rings. The molecule has 1 unspecified atom stereocenters. The number of hydrogen-bond donors (Lipinski definition) is 1. The lowest BCUT2D eigenvalue weighted by Gasteiger charge is -2.36. The van der Waals surface area contributed by atoms with Gasteiger partial charge in [-0.3, -0.25) is 14.6 Å². The Balaban J connectivity index is 1.43. The van der Waals surface area contributed by atoms with Gasteiger partial charge in [-0.2, -0.15) is 0 Å². The van der Waals surface area contributed by atoms with Crippen molar-refractivity contribution in [2.75, 3.05) is 13.7 Å². The molecule has 3 amide bonds. The quantitative estimate of drug-likeness (QED) is 0.339. The second-order valence-electron chi connectivity index (χ2n) is 14.2. The summed E-state index contributed by atoms with van der Waals surface area (Å²) in [5.41, 5.74) is 4.22. The monoisotopic (exact) mass is 631 g/mol. The molecule has 5 rings (SSSR count). The molecule has 10 heteroatoms. The van der Waals surface area contributed by atoms with Crippen molar-refractivity contribution in [1.29, 1.82) is 0 Å². The topological polar surface area (TPSA) is 114 Å². The summed E-state index contributed by atoms with van der Waals surface area (Å²) in [7, 11) is 1.30. The van der Waals surface area contributed by atoms with Crippen LogP contribution in [0.5, 0.6) is 0 Å². The van der Waals surface area contributed by atoms with Gasteiger partial charge in [-0.15, -0.1) is 0 Å². The van der Waals surface area contributed by atoms with Gasteiger partial charge in [-0.1, -0.05) is 36.4 Å². The van der Waals surface area contributed by atoms with Crippen molar-refractivity contribution < 1.29 is 33.4 Å². The molecular weight excluding hydrogens is 586 g/mol. The summed E-state index contributed by atoms with van der Waals surface area (Å²) >= 11 is 0. The Bertz CT molecular complexity index is 1550. The Hall–Kier alpha value is -4.34. The van der Waals surface area contributed by atoms with Crippen LogP contribution in [0.2, 0.25) is 0 Å². The number of hydrogen-bond acceptors (Lipinski definition) is 7. The van der Waals surface area contributed by atoms with Crippen molar-refractivity contribution in [3.05, 3.63) is 76.4 Å². The van der Waals surface area contributed by atoms with Gasteiger partial charge in [0.05, 0.1) is 26.2 Å². The Morgan fingerprint density at radius 1 is 0.826 bits per heavy atom. The van der Waals surface area contributed by atoms with Crippen LogP contribution in [0.3, 0.4) is 0 Å². The van der Waals surface area contributed by atoms with Gasteiger partial charge in [0.1, 0.15) is 23.3 Å². The lowest BCUT2D eigenvalue weighted by molar-refractivity contribution is -0.147. The van der Waals surface area contributed by atoms with E-state index in [0.717, 1.165) is 47.1 Å². The number of benzene rings is 2. The summed E-state index contributed by atoms with van der Waals surface area (Å²) in [6.45, 7) is 11.0. The molecule has 2 aromatic rings. The van der Waals surface area contributed by atoms with Gasteiger partial charge in [0.25, 0.3) is 0 Å². The Kier molecular flexibility index (Phi) is 9.20. The first-order valence-corrected chi connectivity index (χ1v) is 15.9. The van der Waals surface area contributed by atoms with Crippen molar-refractivity contribution in [2.24, 2.45) is 0 Å². The third kappa shape index (κ3) is 7.37. The summed E-state index contributed by atoms with van der Waals surface area (Å²) in [4.78, 5) is 56.0. The van der Waals surface area contributed by atoms with E-state index in [1.165, 1.54) is 22.5 Å². The van der Waals surface area contributed by atoms with E-state index in [0.29, 0.717) is 0 Å². The molecule has 0 saturated carbocycles. The van der Waals surface area contributed by atoms with Gasteiger partial charge in [0.2, 0.25) is 5.91 Å². The molecule has 1 aliphatic carbocycles. The number of amides is 3. The van der Waals surface area contributed by atoms with Crippen LogP contribution in [0.15, 0.2) is 48.5 Å². The maximum Gasteiger partial charge on any atom is 0.411 e. The van der Waals surface area contributed by atoms with Gasteiger partial charge in [-0.05, 0) is 106 Å². The van der Waals surface area contributed by atoms with E-state index in [2.05, 4.69) is 17.4 Å². The molecule has 2 heterocycles. The Labute approximate surface area is 271 Å². The average Bonchev–Trinajstić information content (AvgIpc) is 3.44. The third-order valence-corrected chi connectivity index (χ3v) is 8.43. The van der Waals surface area contributed by atoms with Crippen LogP contribution in [0, 0.1) is 0 Å². The van der Waals surface area contributed by atoms with Gasteiger partial charge < -0.3 is 19.5 Å². The first-order valence-electron chi connectivity index (χ1n) is 15.9. The number of carbonyl (C=O) groups is 4. The zero-order chi connectivity index (χ0) is 33.4. The second kappa shape index (κ2) is 12.8. The van der Waals surface area contributed by atoms with Crippen molar-refractivity contribution in [3.63, 3.8) is 0 Å². The van der Waals surface area contributed by atoms with Crippen molar-refractivity contribution in [1.82, 2.24) is 15.1 Å². The highest BCUT2D eigenvalue weighted by molar-refractivity contribution is 5.93. The molecule has 0 bridgehead atoms. The second-order valence-corrected chi connectivity index (χ2v) is 14.2. The fraction of sp³-hybridized carbons (Fsp3) is 0.500. The van der Waals surface area contributed by atoms with E-state index in [-0.39, 0.29) is 31.5 Å². The summed E-state index contributed by atoms with van der Waals surface area (Å²) in [5.74, 6) is -0.779. The number of esters is 1. The summed E-state index contributed by atoms with van der Waals surface area (Å²) in [6, 6.07) is 12.1. The molecule has 10 nitrogen and oxygen atoms in total. The highest BCUT2D eigenvalue weighted by Gasteiger charge is 2.40. The molecule has 3 aliphatic rings. The molecule has 1 N–H and O–H groups in total. The Morgan fingerprint density at radius 2 is 1.50 bits per heavy atom. The van der Waals surface area contributed by atoms with Crippen LogP contribution < -0.4 is 5.32 Å². The van der Waals surface area contributed by atoms with Gasteiger partial charge in [0.15, 0.2) is 0 Å². The highest BCUT2D eigenvalue weighted by atomic mass is 16.6. The van der Waals surface area contributed by atoms with E-state index in [4.69, 9.17) is 14.2 Å². The minimum absolute atomic E-state index is 0.138. The predicted octanol–water partition coefficient (Wildman–Crippen LogP) is 5.72. The van der Waals surface area contributed by atoms with Crippen molar-refractivity contribution in [3.8, 4) is 0 Å². The van der Waals surface area contributed by atoms with E-state index in [1.807, 2.05) is 36.4 Å². The zero-order valence-electron chi connectivity index (χ0n) is 27.8. The smallest absolute Gasteiger partial charge is 0.411 e. The SMILES string of the molecule is COC(=O)C1Cc2ccc(C3=C[C@@H](C(=O)N[C@@H]4CCCc5ccccc54)N(C(=O)OC(C)(C)C)C3)cc2CN1C(=O)OC(C)(C)C. The molecule has 2 aliphatic heterocycles. The van der Waals surface area contributed by atoms with E-state index in [1.54, 1.807) is 41.5 Å². The molecule has 0 radical (unpaired) electrons.